The van der Waals surface area contributed by atoms with E-state index >= 15 is 0 Å². The summed E-state index contributed by atoms with van der Waals surface area (Å²) in [5, 5.41) is 10.5. The second kappa shape index (κ2) is 4.97. The van der Waals surface area contributed by atoms with Gasteiger partial charge in [0.15, 0.2) is 0 Å². The van der Waals surface area contributed by atoms with Crippen LogP contribution in [0.3, 0.4) is 0 Å². The highest BCUT2D eigenvalue weighted by Crippen LogP contribution is 2.10. The highest BCUT2D eigenvalue weighted by atomic mass is 32.1. The van der Waals surface area contributed by atoms with Gasteiger partial charge in [0.25, 0.3) is 0 Å². The summed E-state index contributed by atoms with van der Waals surface area (Å²) in [6.07, 6.45) is 0.576. The molecule has 0 atom stereocenters. The van der Waals surface area contributed by atoms with Crippen molar-refractivity contribution in [3.63, 3.8) is 0 Å². The number of hydrogen-bond acceptors (Lipinski definition) is 3. The molecule has 4 nitrogen and oxygen atoms in total. The molecule has 88 valence electrons. The van der Waals surface area contributed by atoms with E-state index in [9.17, 15) is 9.59 Å². The fourth-order valence-electron chi connectivity index (χ4n) is 1.61. The Hall–Kier alpha value is -1.88. The van der Waals surface area contributed by atoms with E-state index in [2.05, 4.69) is 0 Å². The van der Waals surface area contributed by atoms with E-state index in [0.717, 1.165) is 22.6 Å². The Bertz CT molecular complexity index is 571. The lowest BCUT2D eigenvalue weighted by Gasteiger charge is -2.04. The Labute approximate surface area is 102 Å². The number of rotatable bonds is 4. The Kier molecular flexibility index (Phi) is 3.39. The molecule has 0 saturated heterocycles. The van der Waals surface area contributed by atoms with Gasteiger partial charge in [0.05, 0.1) is 0 Å². The van der Waals surface area contributed by atoms with Gasteiger partial charge < -0.3 is 5.11 Å². The third-order valence-electron chi connectivity index (χ3n) is 2.38. The van der Waals surface area contributed by atoms with Crippen LogP contribution in [0.2, 0.25) is 0 Å². The van der Waals surface area contributed by atoms with Crippen molar-refractivity contribution in [2.24, 2.45) is 0 Å². The largest absolute Gasteiger partial charge is 0.480 e. The molecule has 0 saturated carbocycles. The number of carbonyl (C=O) groups is 1. The number of thiazole rings is 1. The first kappa shape index (κ1) is 11.6. The molecule has 0 aliphatic rings. The molecular formula is C12H11NO3S. The van der Waals surface area contributed by atoms with Crippen molar-refractivity contribution in [3.8, 4) is 0 Å². The highest BCUT2D eigenvalue weighted by Gasteiger charge is 2.10. The van der Waals surface area contributed by atoms with Gasteiger partial charge in [0.1, 0.15) is 6.54 Å². The lowest BCUT2D eigenvalue weighted by atomic mass is 10.1. The minimum atomic E-state index is -1.00. The molecule has 0 unspecified atom stereocenters. The predicted octanol–water partition coefficient (Wildman–Crippen LogP) is 1.59. The summed E-state index contributed by atoms with van der Waals surface area (Å²) in [7, 11) is 0. The van der Waals surface area contributed by atoms with Crippen molar-refractivity contribution in [1.29, 1.82) is 0 Å². The zero-order valence-electron chi connectivity index (χ0n) is 9.00. The summed E-state index contributed by atoms with van der Waals surface area (Å²) in [6.45, 7) is -0.273. The molecule has 0 bridgehead atoms. The molecule has 2 rings (SSSR count). The van der Waals surface area contributed by atoms with Gasteiger partial charge in [-0.25, -0.2) is 0 Å². The minimum absolute atomic E-state index is 0.224. The van der Waals surface area contributed by atoms with Crippen LogP contribution >= 0.6 is 11.3 Å². The third-order valence-corrected chi connectivity index (χ3v) is 3.20. The SMILES string of the molecule is O=C(O)Cn1c(Cc2ccccc2)csc1=O. The third kappa shape index (κ3) is 2.82. The summed E-state index contributed by atoms with van der Waals surface area (Å²) in [5.74, 6) is -1.00. The van der Waals surface area contributed by atoms with E-state index in [1.165, 1.54) is 4.57 Å². The monoisotopic (exact) mass is 249 g/mol. The molecule has 0 aliphatic heterocycles. The zero-order chi connectivity index (χ0) is 12.3. The van der Waals surface area contributed by atoms with Gasteiger partial charge in [-0.1, -0.05) is 41.7 Å². The number of hydrogen-bond donors (Lipinski definition) is 1. The Morgan fingerprint density at radius 3 is 2.65 bits per heavy atom. The van der Waals surface area contributed by atoms with Gasteiger partial charge in [0.2, 0.25) is 0 Å². The van der Waals surface area contributed by atoms with E-state index in [4.69, 9.17) is 5.11 Å². The summed E-state index contributed by atoms with van der Waals surface area (Å²) in [5.41, 5.74) is 1.80. The van der Waals surface area contributed by atoms with E-state index in [0.29, 0.717) is 6.42 Å². The van der Waals surface area contributed by atoms with Gasteiger partial charge in [-0.2, -0.15) is 0 Å². The Morgan fingerprint density at radius 2 is 2.00 bits per heavy atom. The van der Waals surface area contributed by atoms with Crippen molar-refractivity contribution >= 4 is 17.3 Å². The second-order valence-electron chi connectivity index (χ2n) is 3.64. The smallest absolute Gasteiger partial charge is 0.323 e. The average molecular weight is 249 g/mol. The maximum atomic E-state index is 11.5. The number of aliphatic carboxylic acids is 1. The molecule has 1 aromatic carbocycles. The predicted molar refractivity (Wildman–Crippen MR) is 65.5 cm³/mol. The van der Waals surface area contributed by atoms with Gasteiger partial charge >= 0.3 is 10.8 Å². The Balaban J connectivity index is 2.27. The standard InChI is InChI=1S/C12H11NO3S/c14-11(15)7-13-10(8-17-12(13)16)6-9-4-2-1-3-5-9/h1-5,8H,6-7H2,(H,14,15). The molecule has 1 aromatic heterocycles. The lowest BCUT2D eigenvalue weighted by molar-refractivity contribution is -0.137. The molecule has 0 spiro atoms. The molecule has 0 amide bonds. The molecule has 0 aliphatic carbocycles. The van der Waals surface area contributed by atoms with Crippen molar-refractivity contribution in [2.45, 2.75) is 13.0 Å². The molecule has 1 heterocycles. The summed E-state index contributed by atoms with van der Waals surface area (Å²) >= 11 is 1.04. The second-order valence-corrected chi connectivity index (χ2v) is 4.46. The minimum Gasteiger partial charge on any atom is -0.480 e. The quantitative estimate of drug-likeness (QED) is 0.895. The van der Waals surface area contributed by atoms with Gasteiger partial charge in [-0.15, -0.1) is 0 Å². The summed E-state index contributed by atoms with van der Waals surface area (Å²) < 4.78 is 1.31. The van der Waals surface area contributed by atoms with Crippen LogP contribution in [0.1, 0.15) is 11.3 Å². The number of carboxylic acids is 1. The van der Waals surface area contributed by atoms with E-state index < -0.39 is 5.97 Å². The van der Waals surface area contributed by atoms with Crippen LogP contribution in [0.15, 0.2) is 40.5 Å². The number of nitrogens with zero attached hydrogens (tertiary/aromatic N) is 1. The van der Waals surface area contributed by atoms with E-state index in [-0.39, 0.29) is 11.4 Å². The van der Waals surface area contributed by atoms with Gasteiger partial charge in [-0.05, 0) is 5.56 Å². The first-order chi connectivity index (χ1) is 8.16. The summed E-state index contributed by atoms with van der Waals surface area (Å²) in [4.78, 5) is 21.9. The topological polar surface area (TPSA) is 59.3 Å². The van der Waals surface area contributed by atoms with Crippen molar-refractivity contribution in [1.82, 2.24) is 4.57 Å². The fraction of sp³-hybridized carbons (Fsp3) is 0.167. The molecule has 2 aromatic rings. The molecule has 5 heteroatoms. The van der Waals surface area contributed by atoms with Crippen molar-refractivity contribution in [3.05, 3.63) is 56.6 Å². The molecular weight excluding hydrogens is 238 g/mol. The van der Waals surface area contributed by atoms with E-state index in [1.807, 2.05) is 30.3 Å². The zero-order valence-corrected chi connectivity index (χ0v) is 9.81. The first-order valence-corrected chi connectivity index (χ1v) is 5.97. The first-order valence-electron chi connectivity index (χ1n) is 5.10. The number of carboxylic acid groups (broad SMARTS) is 1. The fourth-order valence-corrected chi connectivity index (χ4v) is 2.36. The highest BCUT2D eigenvalue weighted by molar-refractivity contribution is 7.07. The molecule has 17 heavy (non-hydrogen) atoms. The van der Waals surface area contributed by atoms with Crippen LogP contribution in [0, 0.1) is 0 Å². The Morgan fingerprint density at radius 1 is 1.29 bits per heavy atom. The van der Waals surface area contributed by atoms with Crippen LogP contribution < -0.4 is 4.87 Å². The maximum Gasteiger partial charge on any atom is 0.323 e. The molecule has 0 fully saturated rings. The average Bonchev–Trinajstić information content (AvgIpc) is 2.62. The van der Waals surface area contributed by atoms with Crippen LogP contribution in [-0.4, -0.2) is 15.6 Å². The van der Waals surface area contributed by atoms with Crippen LogP contribution in [-0.2, 0) is 17.8 Å². The lowest BCUT2D eigenvalue weighted by Crippen LogP contribution is -2.21. The van der Waals surface area contributed by atoms with Gasteiger partial charge in [-0.3, -0.25) is 14.2 Å². The molecule has 1 N–H and O–H groups in total. The normalized spacial score (nSPS) is 10.4. The van der Waals surface area contributed by atoms with E-state index in [1.54, 1.807) is 5.38 Å². The molecule has 0 radical (unpaired) electrons. The van der Waals surface area contributed by atoms with Crippen LogP contribution in [0.25, 0.3) is 0 Å². The van der Waals surface area contributed by atoms with Crippen LogP contribution in [0.5, 0.6) is 0 Å². The number of aromatic nitrogens is 1. The van der Waals surface area contributed by atoms with Crippen LogP contribution in [0.4, 0.5) is 0 Å². The van der Waals surface area contributed by atoms with Gasteiger partial charge in [0, 0.05) is 17.5 Å². The van der Waals surface area contributed by atoms with Crippen molar-refractivity contribution < 1.29 is 9.90 Å². The maximum absolute atomic E-state index is 11.5. The summed E-state index contributed by atoms with van der Waals surface area (Å²) in [6, 6.07) is 9.66. The number of benzene rings is 1. The van der Waals surface area contributed by atoms with Crippen molar-refractivity contribution in [2.75, 3.05) is 0 Å².